The number of rotatable bonds is 2. The second-order valence-corrected chi connectivity index (χ2v) is 4.13. The third-order valence-electron chi connectivity index (χ3n) is 2.52. The molecule has 2 rings (SSSR count). The van der Waals surface area contributed by atoms with Crippen molar-refractivity contribution in [1.82, 2.24) is 9.97 Å². The molecule has 0 aliphatic carbocycles. The number of hydrogen-bond acceptors (Lipinski definition) is 3. The first-order chi connectivity index (χ1) is 8.08. The highest BCUT2D eigenvalue weighted by molar-refractivity contribution is 5.55. The first-order valence-electron chi connectivity index (χ1n) is 5.40. The van der Waals surface area contributed by atoms with E-state index in [0.717, 1.165) is 0 Å². The highest BCUT2D eigenvalue weighted by Crippen LogP contribution is 2.25. The van der Waals surface area contributed by atoms with E-state index in [2.05, 4.69) is 9.97 Å². The lowest BCUT2D eigenvalue weighted by molar-refractivity contribution is 0.442. The molecule has 0 saturated carbocycles. The second-order valence-electron chi connectivity index (χ2n) is 4.13. The van der Waals surface area contributed by atoms with Gasteiger partial charge in [-0.2, -0.15) is 4.98 Å². The minimum Gasteiger partial charge on any atom is -0.493 e. The predicted molar refractivity (Wildman–Crippen MR) is 63.2 cm³/mol. The van der Waals surface area contributed by atoms with E-state index in [1.54, 1.807) is 18.3 Å². The molecule has 0 unspecified atom stereocenters. The Kier molecular flexibility index (Phi) is 3.04. The fraction of sp³-hybridized carbons (Fsp3) is 0.231. The molecule has 4 heteroatoms. The summed E-state index contributed by atoms with van der Waals surface area (Å²) in [5.41, 5.74) is 1.38. The summed E-state index contributed by atoms with van der Waals surface area (Å²) in [4.78, 5) is 8.18. The van der Waals surface area contributed by atoms with Crippen molar-refractivity contribution in [3.05, 3.63) is 41.8 Å². The zero-order valence-electron chi connectivity index (χ0n) is 9.68. The normalized spacial score (nSPS) is 10.8. The molecule has 0 bridgehead atoms. The fourth-order valence-electron chi connectivity index (χ4n) is 1.53. The highest BCUT2D eigenvalue weighted by Gasteiger charge is 2.10. The van der Waals surface area contributed by atoms with E-state index in [1.807, 2.05) is 13.8 Å². The SMILES string of the molecule is CC(C)c1cnc(-c2ccc(F)cc2)nc1O. The van der Waals surface area contributed by atoms with Gasteiger partial charge in [0, 0.05) is 17.3 Å². The van der Waals surface area contributed by atoms with Crippen molar-refractivity contribution in [3.63, 3.8) is 0 Å². The lowest BCUT2D eigenvalue weighted by Gasteiger charge is -2.08. The first-order valence-corrected chi connectivity index (χ1v) is 5.40. The molecule has 0 fully saturated rings. The Labute approximate surface area is 99.0 Å². The lowest BCUT2D eigenvalue weighted by Crippen LogP contribution is -1.96. The van der Waals surface area contributed by atoms with Gasteiger partial charge in [-0.15, -0.1) is 0 Å². The fourth-order valence-corrected chi connectivity index (χ4v) is 1.53. The summed E-state index contributed by atoms with van der Waals surface area (Å²) in [5.74, 6) is 0.232. The van der Waals surface area contributed by atoms with Gasteiger partial charge in [-0.25, -0.2) is 9.37 Å². The lowest BCUT2D eigenvalue weighted by atomic mass is 10.1. The molecule has 1 aromatic carbocycles. The van der Waals surface area contributed by atoms with Crippen LogP contribution in [0.3, 0.4) is 0 Å². The van der Waals surface area contributed by atoms with Crippen molar-refractivity contribution < 1.29 is 9.50 Å². The van der Waals surface area contributed by atoms with E-state index in [-0.39, 0.29) is 17.6 Å². The van der Waals surface area contributed by atoms with E-state index in [9.17, 15) is 9.50 Å². The van der Waals surface area contributed by atoms with Gasteiger partial charge >= 0.3 is 0 Å². The zero-order chi connectivity index (χ0) is 12.4. The number of halogens is 1. The van der Waals surface area contributed by atoms with Gasteiger partial charge < -0.3 is 5.11 Å². The summed E-state index contributed by atoms with van der Waals surface area (Å²) >= 11 is 0. The van der Waals surface area contributed by atoms with Gasteiger partial charge in [0.15, 0.2) is 5.82 Å². The maximum Gasteiger partial charge on any atom is 0.217 e. The van der Waals surface area contributed by atoms with Crippen LogP contribution in [0.2, 0.25) is 0 Å². The van der Waals surface area contributed by atoms with Gasteiger partial charge in [-0.3, -0.25) is 0 Å². The Bertz CT molecular complexity index is 523. The van der Waals surface area contributed by atoms with Crippen LogP contribution in [0.4, 0.5) is 4.39 Å². The quantitative estimate of drug-likeness (QED) is 0.865. The van der Waals surface area contributed by atoms with Gasteiger partial charge in [0.1, 0.15) is 5.82 Å². The van der Waals surface area contributed by atoms with Crippen LogP contribution < -0.4 is 0 Å². The van der Waals surface area contributed by atoms with Crippen molar-refractivity contribution in [2.45, 2.75) is 19.8 Å². The average molecular weight is 232 g/mol. The number of aromatic hydroxyl groups is 1. The molecule has 0 amide bonds. The summed E-state index contributed by atoms with van der Waals surface area (Å²) in [6, 6.07) is 5.84. The Hall–Kier alpha value is -1.97. The highest BCUT2D eigenvalue weighted by atomic mass is 19.1. The van der Waals surface area contributed by atoms with E-state index in [0.29, 0.717) is 17.0 Å². The van der Waals surface area contributed by atoms with Gasteiger partial charge in [-0.05, 0) is 30.2 Å². The Morgan fingerprint density at radius 3 is 2.35 bits per heavy atom. The van der Waals surface area contributed by atoms with Crippen LogP contribution in [0.1, 0.15) is 25.3 Å². The number of aromatic nitrogens is 2. The molecule has 0 aliphatic rings. The molecule has 3 nitrogen and oxygen atoms in total. The molecular weight excluding hydrogens is 219 g/mol. The van der Waals surface area contributed by atoms with Crippen LogP contribution in [0.15, 0.2) is 30.5 Å². The Morgan fingerprint density at radius 1 is 1.18 bits per heavy atom. The van der Waals surface area contributed by atoms with Crippen molar-refractivity contribution in [3.8, 4) is 17.3 Å². The van der Waals surface area contributed by atoms with Crippen molar-refractivity contribution >= 4 is 0 Å². The third kappa shape index (κ3) is 2.41. The molecular formula is C13H13FN2O. The molecule has 1 heterocycles. The molecule has 1 aromatic heterocycles. The van der Waals surface area contributed by atoms with E-state index >= 15 is 0 Å². The standard InChI is InChI=1S/C13H13FN2O/c1-8(2)11-7-15-12(16-13(11)17)9-3-5-10(14)6-4-9/h3-8H,1-2H3,(H,15,16,17). The summed E-state index contributed by atoms with van der Waals surface area (Å²) in [6.45, 7) is 3.91. The monoisotopic (exact) mass is 232 g/mol. The summed E-state index contributed by atoms with van der Waals surface area (Å²) in [7, 11) is 0. The molecule has 2 aromatic rings. The molecule has 0 saturated heterocycles. The summed E-state index contributed by atoms with van der Waals surface area (Å²) in [5, 5.41) is 9.75. The average Bonchev–Trinajstić information content (AvgIpc) is 2.29. The van der Waals surface area contributed by atoms with Crippen LogP contribution in [0.25, 0.3) is 11.4 Å². The van der Waals surface area contributed by atoms with Crippen LogP contribution in [-0.2, 0) is 0 Å². The maximum atomic E-state index is 12.8. The van der Waals surface area contributed by atoms with Gasteiger partial charge in [0.05, 0.1) is 0 Å². The van der Waals surface area contributed by atoms with E-state index in [4.69, 9.17) is 0 Å². The molecule has 0 spiro atoms. The number of hydrogen-bond donors (Lipinski definition) is 1. The minimum atomic E-state index is -0.309. The third-order valence-corrected chi connectivity index (χ3v) is 2.52. The molecule has 1 N–H and O–H groups in total. The second kappa shape index (κ2) is 4.49. The Balaban J connectivity index is 2.41. The summed E-state index contributed by atoms with van der Waals surface area (Å²) < 4.78 is 12.8. The van der Waals surface area contributed by atoms with Crippen molar-refractivity contribution in [2.24, 2.45) is 0 Å². The predicted octanol–water partition coefficient (Wildman–Crippen LogP) is 3.11. The smallest absolute Gasteiger partial charge is 0.217 e. The molecule has 0 atom stereocenters. The van der Waals surface area contributed by atoms with Crippen LogP contribution >= 0.6 is 0 Å². The van der Waals surface area contributed by atoms with Gasteiger partial charge in [-0.1, -0.05) is 13.8 Å². The van der Waals surface area contributed by atoms with Crippen LogP contribution in [-0.4, -0.2) is 15.1 Å². The van der Waals surface area contributed by atoms with Crippen molar-refractivity contribution in [2.75, 3.05) is 0 Å². The molecule has 88 valence electrons. The van der Waals surface area contributed by atoms with E-state index in [1.165, 1.54) is 12.1 Å². The maximum absolute atomic E-state index is 12.8. The number of nitrogens with zero attached hydrogens (tertiary/aromatic N) is 2. The van der Waals surface area contributed by atoms with Crippen LogP contribution in [0.5, 0.6) is 5.88 Å². The topological polar surface area (TPSA) is 46.0 Å². The zero-order valence-corrected chi connectivity index (χ0v) is 9.68. The molecule has 0 aliphatic heterocycles. The van der Waals surface area contributed by atoms with Gasteiger partial charge in [0.25, 0.3) is 0 Å². The largest absolute Gasteiger partial charge is 0.493 e. The first kappa shape index (κ1) is 11.5. The Morgan fingerprint density at radius 2 is 1.82 bits per heavy atom. The summed E-state index contributed by atoms with van der Waals surface area (Å²) in [6.07, 6.45) is 1.60. The van der Waals surface area contributed by atoms with Crippen molar-refractivity contribution in [1.29, 1.82) is 0 Å². The van der Waals surface area contributed by atoms with Gasteiger partial charge in [0.2, 0.25) is 5.88 Å². The molecule has 0 radical (unpaired) electrons. The van der Waals surface area contributed by atoms with Crippen LogP contribution in [0, 0.1) is 5.82 Å². The minimum absolute atomic E-state index is 0.0191. The van der Waals surface area contributed by atoms with E-state index < -0.39 is 0 Å². The number of benzene rings is 1. The molecule has 17 heavy (non-hydrogen) atoms.